The van der Waals surface area contributed by atoms with Crippen molar-refractivity contribution in [3.8, 4) is 5.69 Å². The third-order valence-electron chi connectivity index (χ3n) is 4.04. The number of nitrogens with zero attached hydrogens (tertiary/aromatic N) is 3. The molecule has 136 valence electrons. The molecule has 0 unspecified atom stereocenters. The summed E-state index contributed by atoms with van der Waals surface area (Å²) in [5.74, 6) is 1.29. The number of ether oxygens (including phenoxy) is 1. The first-order valence-electron chi connectivity index (χ1n) is 7.99. The molecule has 3 rings (SSSR count). The molecule has 1 aliphatic heterocycles. The normalized spacial score (nSPS) is 16.3. The number of hydrogen-bond acceptors (Lipinski definition) is 4. The van der Waals surface area contributed by atoms with Crippen molar-refractivity contribution in [3.63, 3.8) is 0 Å². The van der Waals surface area contributed by atoms with Crippen LogP contribution in [0.5, 0.6) is 0 Å². The number of hydrogen-bond donors (Lipinski definition) is 1. The van der Waals surface area contributed by atoms with Gasteiger partial charge in [-0.1, -0.05) is 11.6 Å². The van der Waals surface area contributed by atoms with Crippen LogP contribution < -0.4 is 5.32 Å². The Morgan fingerprint density at radius 1 is 1.16 bits per heavy atom. The summed E-state index contributed by atoms with van der Waals surface area (Å²) in [6.07, 6.45) is -2.58. The number of halogens is 4. The third kappa shape index (κ3) is 4.71. The maximum absolute atomic E-state index is 12.3. The number of rotatable bonds is 5. The van der Waals surface area contributed by atoms with Gasteiger partial charge in [0.15, 0.2) is 5.82 Å². The lowest BCUT2D eigenvalue weighted by atomic mass is 9.97. The zero-order valence-electron chi connectivity index (χ0n) is 13.4. The fraction of sp³-hybridized carbons (Fsp3) is 0.500. The highest BCUT2D eigenvalue weighted by Gasteiger charge is 2.29. The standard InChI is InChI=1S/C16H18ClF3N4O/c17-12-1-3-13(4-2-12)24-14(9-25-10-16(18,19)20)22-23-15(24)11-5-7-21-8-6-11/h1-4,11,21H,5-10H2. The second kappa shape index (κ2) is 7.72. The highest BCUT2D eigenvalue weighted by atomic mass is 35.5. The molecule has 1 saturated heterocycles. The number of nitrogens with one attached hydrogen (secondary N) is 1. The molecule has 1 aromatic carbocycles. The van der Waals surface area contributed by atoms with Crippen molar-refractivity contribution in [1.29, 1.82) is 0 Å². The van der Waals surface area contributed by atoms with Crippen LogP contribution in [0.15, 0.2) is 24.3 Å². The van der Waals surface area contributed by atoms with Crippen LogP contribution in [-0.4, -0.2) is 40.6 Å². The highest BCUT2D eigenvalue weighted by molar-refractivity contribution is 6.30. The summed E-state index contributed by atoms with van der Waals surface area (Å²) < 4.78 is 43.6. The monoisotopic (exact) mass is 374 g/mol. The smallest absolute Gasteiger partial charge is 0.364 e. The van der Waals surface area contributed by atoms with Gasteiger partial charge >= 0.3 is 6.18 Å². The molecule has 0 bridgehead atoms. The summed E-state index contributed by atoms with van der Waals surface area (Å²) in [6.45, 7) is 0.166. The lowest BCUT2D eigenvalue weighted by Gasteiger charge is -2.23. The molecule has 2 heterocycles. The Hall–Kier alpha value is -1.64. The Morgan fingerprint density at radius 3 is 2.48 bits per heavy atom. The Bertz CT molecular complexity index is 696. The van der Waals surface area contributed by atoms with Crippen LogP contribution in [-0.2, 0) is 11.3 Å². The Balaban J connectivity index is 1.89. The largest absolute Gasteiger partial charge is 0.411 e. The van der Waals surface area contributed by atoms with Gasteiger partial charge in [-0.2, -0.15) is 13.2 Å². The molecule has 0 aliphatic carbocycles. The number of aromatic nitrogens is 3. The van der Waals surface area contributed by atoms with Crippen LogP contribution in [0.25, 0.3) is 5.69 Å². The molecule has 0 saturated carbocycles. The SMILES string of the molecule is FC(F)(F)COCc1nnc(C2CCNCC2)n1-c1ccc(Cl)cc1. The lowest BCUT2D eigenvalue weighted by Crippen LogP contribution is -2.28. The van der Waals surface area contributed by atoms with E-state index in [1.807, 2.05) is 0 Å². The first kappa shape index (κ1) is 18.2. The van der Waals surface area contributed by atoms with Crippen LogP contribution in [0.1, 0.15) is 30.4 Å². The van der Waals surface area contributed by atoms with Gasteiger partial charge in [-0.3, -0.25) is 4.57 Å². The topological polar surface area (TPSA) is 52.0 Å². The minimum atomic E-state index is -4.37. The van der Waals surface area contributed by atoms with Crippen LogP contribution in [0.3, 0.4) is 0 Å². The predicted octanol–water partition coefficient (Wildman–Crippen LogP) is 3.47. The van der Waals surface area contributed by atoms with E-state index in [0.29, 0.717) is 10.8 Å². The molecule has 1 N–H and O–H groups in total. The van der Waals surface area contributed by atoms with E-state index in [-0.39, 0.29) is 12.5 Å². The quantitative estimate of drug-likeness (QED) is 0.870. The zero-order valence-corrected chi connectivity index (χ0v) is 14.1. The van der Waals surface area contributed by atoms with Crippen molar-refractivity contribution in [3.05, 3.63) is 40.9 Å². The second-order valence-electron chi connectivity index (χ2n) is 5.92. The van der Waals surface area contributed by atoms with Crippen LogP contribution in [0.2, 0.25) is 5.02 Å². The molecule has 0 radical (unpaired) electrons. The van der Waals surface area contributed by atoms with Gasteiger partial charge in [0, 0.05) is 16.6 Å². The molecule has 0 amide bonds. The molecule has 1 aliphatic rings. The summed E-state index contributed by atoms with van der Waals surface area (Å²) >= 11 is 5.94. The minimum absolute atomic E-state index is 0.195. The zero-order chi connectivity index (χ0) is 17.9. The average Bonchev–Trinajstić information content (AvgIpc) is 2.99. The van der Waals surface area contributed by atoms with Gasteiger partial charge in [-0.15, -0.1) is 10.2 Å². The number of benzene rings is 1. The molecule has 25 heavy (non-hydrogen) atoms. The fourth-order valence-electron chi connectivity index (χ4n) is 2.90. The second-order valence-corrected chi connectivity index (χ2v) is 6.35. The van der Waals surface area contributed by atoms with Crippen molar-refractivity contribution in [1.82, 2.24) is 20.1 Å². The van der Waals surface area contributed by atoms with Crippen molar-refractivity contribution in [2.75, 3.05) is 19.7 Å². The lowest BCUT2D eigenvalue weighted by molar-refractivity contribution is -0.177. The molecule has 0 spiro atoms. The number of piperidine rings is 1. The average molecular weight is 375 g/mol. The van der Waals surface area contributed by atoms with E-state index in [0.717, 1.165) is 37.4 Å². The van der Waals surface area contributed by atoms with Gasteiger partial charge in [0.05, 0.1) is 0 Å². The molecule has 5 nitrogen and oxygen atoms in total. The molecule has 1 fully saturated rings. The van der Waals surface area contributed by atoms with Gasteiger partial charge in [0.25, 0.3) is 0 Å². The van der Waals surface area contributed by atoms with Crippen molar-refractivity contribution >= 4 is 11.6 Å². The molecular weight excluding hydrogens is 357 g/mol. The van der Waals surface area contributed by atoms with Crippen LogP contribution in [0.4, 0.5) is 13.2 Å². The van der Waals surface area contributed by atoms with Crippen LogP contribution in [0, 0.1) is 0 Å². The molecule has 2 aromatic rings. The molecular formula is C16H18ClF3N4O. The van der Waals surface area contributed by atoms with Crippen molar-refractivity contribution in [2.45, 2.75) is 31.5 Å². The van der Waals surface area contributed by atoms with E-state index in [2.05, 4.69) is 15.5 Å². The summed E-state index contributed by atoms with van der Waals surface area (Å²) in [4.78, 5) is 0. The summed E-state index contributed by atoms with van der Waals surface area (Å²) in [5, 5.41) is 12.2. The molecule has 9 heteroatoms. The summed E-state index contributed by atoms with van der Waals surface area (Å²) in [7, 11) is 0. The summed E-state index contributed by atoms with van der Waals surface area (Å²) in [5.41, 5.74) is 0.758. The first-order valence-corrected chi connectivity index (χ1v) is 8.37. The van der Waals surface area contributed by atoms with Crippen molar-refractivity contribution < 1.29 is 17.9 Å². The Morgan fingerprint density at radius 2 is 1.84 bits per heavy atom. The van der Waals surface area contributed by atoms with Gasteiger partial charge < -0.3 is 10.1 Å². The first-order chi connectivity index (χ1) is 11.9. The van der Waals surface area contributed by atoms with E-state index in [9.17, 15) is 13.2 Å². The maximum Gasteiger partial charge on any atom is 0.411 e. The number of alkyl halides is 3. The van der Waals surface area contributed by atoms with E-state index < -0.39 is 12.8 Å². The van der Waals surface area contributed by atoms with Crippen LogP contribution >= 0.6 is 11.6 Å². The molecule has 1 aromatic heterocycles. The fourth-order valence-corrected chi connectivity index (χ4v) is 3.02. The Kier molecular flexibility index (Phi) is 5.61. The van der Waals surface area contributed by atoms with Gasteiger partial charge in [-0.05, 0) is 50.2 Å². The van der Waals surface area contributed by atoms with E-state index in [4.69, 9.17) is 16.3 Å². The third-order valence-corrected chi connectivity index (χ3v) is 4.29. The Labute approximate surface area is 148 Å². The maximum atomic E-state index is 12.3. The van der Waals surface area contributed by atoms with Crippen molar-refractivity contribution in [2.24, 2.45) is 0 Å². The summed E-state index contributed by atoms with van der Waals surface area (Å²) in [6, 6.07) is 7.04. The highest BCUT2D eigenvalue weighted by Crippen LogP contribution is 2.28. The predicted molar refractivity (Wildman–Crippen MR) is 86.9 cm³/mol. The molecule has 0 atom stereocenters. The van der Waals surface area contributed by atoms with E-state index in [1.54, 1.807) is 28.8 Å². The van der Waals surface area contributed by atoms with Gasteiger partial charge in [0.1, 0.15) is 19.0 Å². The van der Waals surface area contributed by atoms with E-state index in [1.165, 1.54) is 0 Å². The van der Waals surface area contributed by atoms with Gasteiger partial charge in [0.2, 0.25) is 0 Å². The van der Waals surface area contributed by atoms with E-state index >= 15 is 0 Å². The minimum Gasteiger partial charge on any atom is -0.364 e. The van der Waals surface area contributed by atoms with Gasteiger partial charge in [-0.25, -0.2) is 0 Å².